The zero-order chi connectivity index (χ0) is 18.0. The first-order chi connectivity index (χ1) is 11.8. The third-order valence-corrected chi connectivity index (χ3v) is 3.47. The van der Waals surface area contributed by atoms with Gasteiger partial charge >= 0.3 is 6.09 Å². The molecule has 2 heterocycles. The van der Waals surface area contributed by atoms with Gasteiger partial charge in [0, 0.05) is 17.6 Å². The Morgan fingerprint density at radius 2 is 2.04 bits per heavy atom. The molecule has 1 N–H and O–H groups in total. The zero-order valence-corrected chi connectivity index (χ0v) is 14.8. The highest BCUT2D eigenvalue weighted by molar-refractivity contribution is 5.88. The van der Waals surface area contributed by atoms with E-state index in [-0.39, 0.29) is 0 Å². The number of fused-ring (bicyclic) bond motifs is 1. The fourth-order valence-electron chi connectivity index (χ4n) is 2.31. The monoisotopic (exact) mass is 339 g/mol. The van der Waals surface area contributed by atoms with Crippen molar-refractivity contribution in [3.05, 3.63) is 42.2 Å². The van der Waals surface area contributed by atoms with E-state index in [1.54, 1.807) is 24.4 Å². The van der Waals surface area contributed by atoms with Crippen LogP contribution < -0.4 is 5.32 Å². The fourth-order valence-corrected chi connectivity index (χ4v) is 2.31. The summed E-state index contributed by atoms with van der Waals surface area (Å²) < 4.78 is 11.0. The molecule has 0 fully saturated rings. The molecule has 6 heteroatoms. The number of hydrogen-bond acceptors (Lipinski definition) is 5. The Bertz CT molecular complexity index is 892. The molecule has 0 bridgehead atoms. The van der Waals surface area contributed by atoms with E-state index in [1.165, 1.54) is 0 Å². The van der Waals surface area contributed by atoms with Crippen LogP contribution in [0.15, 0.2) is 40.9 Å². The first-order valence-corrected chi connectivity index (χ1v) is 8.20. The molecule has 0 unspecified atom stereocenters. The van der Waals surface area contributed by atoms with Crippen LogP contribution in [-0.2, 0) is 11.2 Å². The zero-order valence-electron chi connectivity index (χ0n) is 14.8. The van der Waals surface area contributed by atoms with Gasteiger partial charge in [-0.15, -0.1) is 0 Å². The van der Waals surface area contributed by atoms with Gasteiger partial charge < -0.3 is 9.15 Å². The summed E-state index contributed by atoms with van der Waals surface area (Å²) in [5, 5.41) is 2.70. The quantitative estimate of drug-likeness (QED) is 0.741. The maximum absolute atomic E-state index is 11.9. The highest BCUT2D eigenvalue weighted by Gasteiger charge is 2.17. The van der Waals surface area contributed by atoms with Crippen LogP contribution >= 0.6 is 0 Å². The number of amides is 1. The summed E-state index contributed by atoms with van der Waals surface area (Å²) in [5.41, 5.74) is 3.18. The molecule has 25 heavy (non-hydrogen) atoms. The number of nitrogens with zero attached hydrogens (tertiary/aromatic N) is 2. The molecule has 6 nitrogen and oxygen atoms in total. The Hall–Kier alpha value is -2.89. The minimum atomic E-state index is -0.549. The summed E-state index contributed by atoms with van der Waals surface area (Å²) in [5.74, 6) is 0.500. The van der Waals surface area contributed by atoms with Crippen LogP contribution in [0.3, 0.4) is 0 Å². The van der Waals surface area contributed by atoms with Gasteiger partial charge in [0.1, 0.15) is 11.1 Å². The fraction of sp³-hybridized carbons (Fsp3) is 0.316. The molecule has 130 valence electrons. The lowest BCUT2D eigenvalue weighted by molar-refractivity contribution is 0.0636. The van der Waals surface area contributed by atoms with Crippen LogP contribution in [0.2, 0.25) is 0 Å². The number of aryl methyl sites for hydroxylation is 1. The predicted molar refractivity (Wildman–Crippen MR) is 96.5 cm³/mol. The summed E-state index contributed by atoms with van der Waals surface area (Å²) in [7, 11) is 0. The molecule has 3 aromatic rings. The summed E-state index contributed by atoms with van der Waals surface area (Å²) in [6, 6.07) is 9.17. The van der Waals surface area contributed by atoms with Crippen LogP contribution in [0, 0.1) is 0 Å². The van der Waals surface area contributed by atoms with Gasteiger partial charge in [-0.1, -0.05) is 6.92 Å². The molecule has 0 aliphatic rings. The minimum absolute atomic E-state index is 0.500. The molecule has 0 saturated heterocycles. The Labute approximate surface area is 146 Å². The first kappa shape index (κ1) is 17.0. The minimum Gasteiger partial charge on any atom is -0.444 e. The largest absolute Gasteiger partial charge is 0.444 e. The lowest BCUT2D eigenvalue weighted by Gasteiger charge is -2.19. The SMILES string of the molecule is CCc1ccc(-c2nc3cc(NC(=O)OC(C)(C)C)ccc3o2)cn1. The second-order valence-electron chi connectivity index (χ2n) is 6.72. The predicted octanol–water partition coefficient (Wildman–Crippen LogP) is 4.80. The molecule has 1 aromatic carbocycles. The van der Waals surface area contributed by atoms with Crippen molar-refractivity contribution in [3.8, 4) is 11.5 Å². The highest BCUT2D eigenvalue weighted by atomic mass is 16.6. The Morgan fingerprint density at radius 1 is 1.24 bits per heavy atom. The molecule has 1 amide bonds. The summed E-state index contributed by atoms with van der Waals surface area (Å²) in [6.45, 7) is 7.51. The van der Waals surface area contributed by atoms with Crippen molar-refractivity contribution in [1.29, 1.82) is 0 Å². The van der Waals surface area contributed by atoms with Gasteiger partial charge in [-0.25, -0.2) is 9.78 Å². The number of benzene rings is 1. The number of carbonyl (C=O) groups is 1. The van der Waals surface area contributed by atoms with E-state index < -0.39 is 11.7 Å². The topological polar surface area (TPSA) is 77.2 Å². The molecular weight excluding hydrogens is 318 g/mol. The Kier molecular flexibility index (Phi) is 4.44. The van der Waals surface area contributed by atoms with Crippen LogP contribution in [0.4, 0.5) is 10.5 Å². The second kappa shape index (κ2) is 6.55. The van der Waals surface area contributed by atoms with Gasteiger partial charge in [-0.3, -0.25) is 10.3 Å². The van der Waals surface area contributed by atoms with Gasteiger partial charge in [0.2, 0.25) is 5.89 Å². The standard InChI is InChI=1S/C19H21N3O3/c1-5-13-7-6-12(11-20-13)17-22-15-10-14(8-9-16(15)24-17)21-18(23)25-19(2,3)4/h6-11H,5H2,1-4H3,(H,21,23). The van der Waals surface area contributed by atoms with Crippen LogP contribution in [0.1, 0.15) is 33.4 Å². The van der Waals surface area contributed by atoms with E-state index in [0.717, 1.165) is 17.7 Å². The number of carbonyl (C=O) groups excluding carboxylic acids is 1. The lowest BCUT2D eigenvalue weighted by atomic mass is 10.2. The molecule has 0 aliphatic heterocycles. The smallest absolute Gasteiger partial charge is 0.412 e. The summed E-state index contributed by atoms with van der Waals surface area (Å²) in [4.78, 5) is 20.7. The number of oxazole rings is 1. The van der Waals surface area contributed by atoms with Crippen LogP contribution in [0.5, 0.6) is 0 Å². The Morgan fingerprint density at radius 3 is 2.68 bits per heavy atom. The number of rotatable bonds is 3. The number of anilines is 1. The number of hydrogen-bond donors (Lipinski definition) is 1. The summed E-state index contributed by atoms with van der Waals surface area (Å²) in [6.07, 6.45) is 2.13. The first-order valence-electron chi connectivity index (χ1n) is 8.20. The number of pyridine rings is 1. The summed E-state index contributed by atoms with van der Waals surface area (Å²) >= 11 is 0. The van der Waals surface area contributed by atoms with Crippen molar-refractivity contribution in [3.63, 3.8) is 0 Å². The third-order valence-electron chi connectivity index (χ3n) is 3.47. The molecule has 2 aromatic heterocycles. The van der Waals surface area contributed by atoms with E-state index in [1.807, 2.05) is 32.9 Å². The molecule has 0 saturated carbocycles. The number of ether oxygens (including phenoxy) is 1. The third kappa shape index (κ3) is 4.15. The normalized spacial score (nSPS) is 11.5. The molecule has 0 spiro atoms. The van der Waals surface area contributed by atoms with Gasteiger partial charge in [0.25, 0.3) is 0 Å². The average Bonchev–Trinajstić information content (AvgIpc) is 2.96. The maximum Gasteiger partial charge on any atom is 0.412 e. The molecule has 3 rings (SSSR count). The Balaban J connectivity index is 1.82. The van der Waals surface area contributed by atoms with E-state index in [0.29, 0.717) is 22.7 Å². The van der Waals surface area contributed by atoms with E-state index in [9.17, 15) is 4.79 Å². The van der Waals surface area contributed by atoms with Crippen LogP contribution in [0.25, 0.3) is 22.6 Å². The number of nitrogens with one attached hydrogen (secondary N) is 1. The van der Waals surface area contributed by atoms with Gasteiger partial charge in [-0.05, 0) is 57.5 Å². The molecular formula is C19H21N3O3. The van der Waals surface area contributed by atoms with E-state index in [4.69, 9.17) is 9.15 Å². The maximum atomic E-state index is 11.9. The van der Waals surface area contributed by atoms with Gasteiger partial charge in [-0.2, -0.15) is 0 Å². The highest BCUT2D eigenvalue weighted by Crippen LogP contribution is 2.26. The average molecular weight is 339 g/mol. The second-order valence-corrected chi connectivity index (χ2v) is 6.72. The number of aromatic nitrogens is 2. The van der Waals surface area contributed by atoms with Crippen LogP contribution in [-0.4, -0.2) is 21.7 Å². The molecule has 0 radical (unpaired) electrons. The van der Waals surface area contributed by atoms with Crippen molar-refractivity contribution >= 4 is 22.9 Å². The van der Waals surface area contributed by atoms with Crippen molar-refractivity contribution < 1.29 is 13.9 Å². The molecule has 0 aliphatic carbocycles. The van der Waals surface area contributed by atoms with Gasteiger partial charge in [0.05, 0.1) is 5.56 Å². The van der Waals surface area contributed by atoms with Crippen molar-refractivity contribution in [2.45, 2.75) is 39.7 Å². The van der Waals surface area contributed by atoms with Crippen molar-refractivity contribution in [2.24, 2.45) is 0 Å². The van der Waals surface area contributed by atoms with Crippen molar-refractivity contribution in [1.82, 2.24) is 9.97 Å². The lowest BCUT2D eigenvalue weighted by Crippen LogP contribution is -2.27. The van der Waals surface area contributed by atoms with Crippen molar-refractivity contribution in [2.75, 3.05) is 5.32 Å². The van der Waals surface area contributed by atoms with Gasteiger partial charge in [0.15, 0.2) is 5.58 Å². The van der Waals surface area contributed by atoms with E-state index in [2.05, 4.69) is 22.2 Å². The molecule has 0 atom stereocenters. The van der Waals surface area contributed by atoms with E-state index >= 15 is 0 Å².